The Hall–Kier alpha value is -0.740. The van der Waals surface area contributed by atoms with Crippen LogP contribution in [0.1, 0.15) is 40.2 Å². The van der Waals surface area contributed by atoms with Crippen LogP contribution in [0.4, 0.5) is 5.82 Å². The van der Waals surface area contributed by atoms with Crippen LogP contribution in [-0.4, -0.2) is 34.1 Å². The van der Waals surface area contributed by atoms with E-state index >= 15 is 0 Å². The summed E-state index contributed by atoms with van der Waals surface area (Å²) in [7, 11) is 0. The van der Waals surface area contributed by atoms with Gasteiger partial charge in [-0.25, -0.2) is 4.98 Å². The first-order valence-corrected chi connectivity index (χ1v) is 8.38. The standard InChI is InChI=1S/C16H27N3S/c1-12-10-19(11-13(2)20-12)15-7-6-14(8-17-15)9-18-16(3,4)5/h6-8,12-13,18H,9-11H2,1-5H3. The van der Waals surface area contributed by atoms with Gasteiger partial charge < -0.3 is 10.2 Å². The van der Waals surface area contributed by atoms with E-state index in [1.165, 1.54) is 5.56 Å². The van der Waals surface area contributed by atoms with Crippen molar-refractivity contribution in [1.82, 2.24) is 10.3 Å². The zero-order valence-electron chi connectivity index (χ0n) is 13.3. The van der Waals surface area contributed by atoms with Crippen molar-refractivity contribution in [2.24, 2.45) is 0 Å². The molecule has 1 fully saturated rings. The lowest BCUT2D eigenvalue weighted by atomic mass is 10.1. The van der Waals surface area contributed by atoms with Gasteiger partial charge in [-0.15, -0.1) is 0 Å². The molecule has 1 aromatic rings. The highest BCUT2D eigenvalue weighted by molar-refractivity contribution is 8.00. The number of pyridine rings is 1. The summed E-state index contributed by atoms with van der Waals surface area (Å²) in [5.41, 5.74) is 1.39. The fourth-order valence-electron chi connectivity index (χ4n) is 2.44. The van der Waals surface area contributed by atoms with E-state index in [1.807, 2.05) is 6.20 Å². The quantitative estimate of drug-likeness (QED) is 0.925. The zero-order chi connectivity index (χ0) is 14.8. The van der Waals surface area contributed by atoms with Crippen LogP contribution >= 0.6 is 11.8 Å². The molecule has 0 spiro atoms. The van der Waals surface area contributed by atoms with Gasteiger partial charge in [0.1, 0.15) is 5.82 Å². The summed E-state index contributed by atoms with van der Waals surface area (Å²) in [6.07, 6.45) is 2.01. The van der Waals surface area contributed by atoms with E-state index in [-0.39, 0.29) is 5.54 Å². The summed E-state index contributed by atoms with van der Waals surface area (Å²) in [5.74, 6) is 1.11. The second-order valence-corrected chi connectivity index (χ2v) is 8.67. The fourth-order valence-corrected chi connectivity index (χ4v) is 3.77. The summed E-state index contributed by atoms with van der Waals surface area (Å²) in [5, 5.41) is 4.86. The van der Waals surface area contributed by atoms with E-state index in [9.17, 15) is 0 Å². The summed E-state index contributed by atoms with van der Waals surface area (Å²) >= 11 is 2.07. The van der Waals surface area contributed by atoms with Crippen molar-refractivity contribution in [3.8, 4) is 0 Å². The third-order valence-electron chi connectivity index (χ3n) is 3.38. The molecule has 20 heavy (non-hydrogen) atoms. The van der Waals surface area contributed by atoms with E-state index in [0.717, 1.165) is 25.5 Å². The number of nitrogens with zero attached hydrogens (tertiary/aromatic N) is 2. The van der Waals surface area contributed by atoms with Crippen molar-refractivity contribution >= 4 is 17.6 Å². The molecule has 1 aliphatic heterocycles. The molecule has 1 aliphatic rings. The number of hydrogen-bond donors (Lipinski definition) is 1. The second kappa shape index (κ2) is 6.35. The lowest BCUT2D eigenvalue weighted by molar-refractivity contribution is 0.424. The number of nitrogens with one attached hydrogen (secondary N) is 1. The van der Waals surface area contributed by atoms with Crippen LogP contribution in [0.3, 0.4) is 0 Å². The predicted octanol–water partition coefficient (Wildman–Crippen LogP) is 3.30. The molecule has 112 valence electrons. The molecule has 0 radical (unpaired) electrons. The van der Waals surface area contributed by atoms with Crippen molar-refractivity contribution in [2.45, 2.75) is 57.2 Å². The predicted molar refractivity (Wildman–Crippen MR) is 89.6 cm³/mol. The number of anilines is 1. The Labute approximate surface area is 127 Å². The van der Waals surface area contributed by atoms with Gasteiger partial charge in [-0.2, -0.15) is 11.8 Å². The molecule has 1 N–H and O–H groups in total. The average molecular weight is 293 g/mol. The zero-order valence-corrected chi connectivity index (χ0v) is 14.1. The molecule has 4 heteroatoms. The number of rotatable bonds is 3. The van der Waals surface area contributed by atoms with Gasteiger partial charge in [-0.1, -0.05) is 19.9 Å². The maximum atomic E-state index is 4.65. The Morgan fingerprint density at radius 1 is 1.25 bits per heavy atom. The van der Waals surface area contributed by atoms with E-state index in [1.54, 1.807) is 0 Å². The third kappa shape index (κ3) is 4.67. The van der Waals surface area contributed by atoms with Crippen LogP contribution in [0.15, 0.2) is 18.3 Å². The Balaban J connectivity index is 1.97. The van der Waals surface area contributed by atoms with E-state index in [4.69, 9.17) is 0 Å². The minimum absolute atomic E-state index is 0.146. The summed E-state index contributed by atoms with van der Waals surface area (Å²) in [6, 6.07) is 4.35. The van der Waals surface area contributed by atoms with Crippen molar-refractivity contribution in [3.05, 3.63) is 23.9 Å². The summed E-state index contributed by atoms with van der Waals surface area (Å²) in [4.78, 5) is 7.06. The highest BCUT2D eigenvalue weighted by atomic mass is 32.2. The minimum atomic E-state index is 0.146. The molecule has 2 heterocycles. The van der Waals surface area contributed by atoms with Crippen LogP contribution in [0.5, 0.6) is 0 Å². The molecule has 0 bridgehead atoms. The number of aromatic nitrogens is 1. The molecular formula is C16H27N3S. The van der Waals surface area contributed by atoms with Crippen LogP contribution in [0.2, 0.25) is 0 Å². The van der Waals surface area contributed by atoms with Gasteiger partial charge in [0.15, 0.2) is 0 Å². The monoisotopic (exact) mass is 293 g/mol. The lowest BCUT2D eigenvalue weighted by Gasteiger charge is -2.35. The molecule has 1 saturated heterocycles. The van der Waals surface area contributed by atoms with Crippen LogP contribution in [-0.2, 0) is 6.54 Å². The van der Waals surface area contributed by atoms with Gasteiger partial charge in [-0.05, 0) is 32.4 Å². The van der Waals surface area contributed by atoms with Crippen molar-refractivity contribution in [1.29, 1.82) is 0 Å². The molecule has 0 aliphatic carbocycles. The molecular weight excluding hydrogens is 266 g/mol. The Morgan fingerprint density at radius 3 is 2.40 bits per heavy atom. The fraction of sp³-hybridized carbons (Fsp3) is 0.688. The van der Waals surface area contributed by atoms with Crippen molar-refractivity contribution < 1.29 is 0 Å². The molecule has 2 unspecified atom stereocenters. The molecule has 0 amide bonds. The van der Waals surface area contributed by atoms with Gasteiger partial charge in [0.05, 0.1) is 0 Å². The normalized spacial score (nSPS) is 23.9. The van der Waals surface area contributed by atoms with Gasteiger partial charge in [0, 0.05) is 41.9 Å². The van der Waals surface area contributed by atoms with Gasteiger partial charge in [-0.3, -0.25) is 0 Å². The molecule has 1 aromatic heterocycles. The third-order valence-corrected chi connectivity index (χ3v) is 4.60. The van der Waals surface area contributed by atoms with Crippen LogP contribution in [0.25, 0.3) is 0 Å². The molecule has 2 rings (SSSR count). The first-order chi connectivity index (χ1) is 9.33. The summed E-state index contributed by atoms with van der Waals surface area (Å²) < 4.78 is 0. The largest absolute Gasteiger partial charge is 0.354 e. The molecule has 2 atom stereocenters. The maximum Gasteiger partial charge on any atom is 0.128 e. The van der Waals surface area contributed by atoms with Crippen LogP contribution in [0, 0.1) is 0 Å². The van der Waals surface area contributed by atoms with Gasteiger partial charge >= 0.3 is 0 Å². The summed E-state index contributed by atoms with van der Waals surface area (Å²) in [6.45, 7) is 14.2. The minimum Gasteiger partial charge on any atom is -0.354 e. The molecule has 3 nitrogen and oxygen atoms in total. The van der Waals surface area contributed by atoms with Gasteiger partial charge in [0.25, 0.3) is 0 Å². The first kappa shape index (κ1) is 15.6. The van der Waals surface area contributed by atoms with Crippen molar-refractivity contribution in [2.75, 3.05) is 18.0 Å². The number of thioether (sulfide) groups is 1. The SMILES string of the molecule is CC1CN(c2ccc(CNC(C)(C)C)cn2)CC(C)S1. The Bertz CT molecular complexity index is 414. The van der Waals surface area contributed by atoms with E-state index in [0.29, 0.717) is 10.5 Å². The maximum absolute atomic E-state index is 4.65. The van der Waals surface area contributed by atoms with Gasteiger partial charge in [0.2, 0.25) is 0 Å². The highest BCUT2D eigenvalue weighted by Crippen LogP contribution is 2.27. The van der Waals surface area contributed by atoms with E-state index in [2.05, 4.69) is 73.7 Å². The molecule has 0 saturated carbocycles. The van der Waals surface area contributed by atoms with Crippen molar-refractivity contribution in [3.63, 3.8) is 0 Å². The average Bonchev–Trinajstić information content (AvgIpc) is 2.35. The molecule has 0 aromatic carbocycles. The first-order valence-electron chi connectivity index (χ1n) is 7.44. The highest BCUT2D eigenvalue weighted by Gasteiger charge is 2.23. The Morgan fingerprint density at radius 2 is 1.90 bits per heavy atom. The topological polar surface area (TPSA) is 28.2 Å². The second-order valence-electron chi connectivity index (χ2n) is 6.79. The lowest BCUT2D eigenvalue weighted by Crippen LogP contribution is -2.40. The Kier molecular flexibility index (Phi) is 4.97. The number of hydrogen-bond acceptors (Lipinski definition) is 4. The van der Waals surface area contributed by atoms with Crippen LogP contribution < -0.4 is 10.2 Å². The van der Waals surface area contributed by atoms with E-state index < -0.39 is 0 Å². The smallest absolute Gasteiger partial charge is 0.128 e.